The van der Waals surface area contributed by atoms with Crippen molar-refractivity contribution in [2.45, 2.75) is 36.9 Å². The maximum Gasteiger partial charge on any atom is 0.230 e. The first-order chi connectivity index (χ1) is 11.2. The number of amides is 1. The molecule has 5 nitrogen and oxygen atoms in total. The number of benzene rings is 1. The molecule has 2 N–H and O–H groups in total. The van der Waals surface area contributed by atoms with E-state index in [4.69, 9.17) is 0 Å². The van der Waals surface area contributed by atoms with E-state index in [1.165, 1.54) is 43.1 Å². The molecular formula is C16H19FN4OS. The van der Waals surface area contributed by atoms with Gasteiger partial charge in [0.1, 0.15) is 12.1 Å². The summed E-state index contributed by atoms with van der Waals surface area (Å²) in [6.45, 7) is 0. The third-order valence-corrected chi connectivity index (χ3v) is 5.03. The first-order valence-electron chi connectivity index (χ1n) is 7.75. The minimum absolute atomic E-state index is 0.0485. The van der Waals surface area contributed by atoms with E-state index in [2.05, 4.69) is 20.5 Å². The Labute approximate surface area is 138 Å². The summed E-state index contributed by atoms with van der Waals surface area (Å²) in [6, 6.07) is 6.38. The summed E-state index contributed by atoms with van der Waals surface area (Å²) in [5.74, 6) is 0.387. The number of halogens is 1. The second-order valence-electron chi connectivity index (χ2n) is 5.72. The Balaban J connectivity index is 1.65. The smallest absolute Gasteiger partial charge is 0.230 e. The van der Waals surface area contributed by atoms with Crippen LogP contribution in [0.4, 0.5) is 4.39 Å². The molecule has 1 aliphatic carbocycles. The Morgan fingerprint density at radius 3 is 2.74 bits per heavy atom. The molecule has 1 fully saturated rings. The summed E-state index contributed by atoms with van der Waals surface area (Å²) < 4.78 is 13.2. The minimum Gasteiger partial charge on any atom is -0.348 e. The summed E-state index contributed by atoms with van der Waals surface area (Å²) in [5, 5.41) is 10.2. The molecule has 1 aromatic carbocycles. The highest BCUT2D eigenvalue weighted by Crippen LogP contribution is 2.35. The van der Waals surface area contributed by atoms with E-state index in [1.807, 2.05) is 0 Å². The maximum atomic E-state index is 13.2. The number of nitrogens with zero attached hydrogens (tertiary/aromatic N) is 2. The van der Waals surface area contributed by atoms with Gasteiger partial charge in [0.2, 0.25) is 5.91 Å². The average molecular weight is 334 g/mol. The third kappa shape index (κ3) is 4.31. The Bertz CT molecular complexity index is 626. The van der Waals surface area contributed by atoms with E-state index < -0.39 is 0 Å². The summed E-state index contributed by atoms with van der Waals surface area (Å²) >= 11 is 1.32. The number of nitrogens with one attached hydrogen (secondary N) is 2. The number of carbonyl (C=O) groups is 1. The molecule has 1 atom stereocenters. The molecule has 1 saturated carbocycles. The van der Waals surface area contributed by atoms with Crippen LogP contribution >= 0.6 is 11.8 Å². The lowest BCUT2D eigenvalue weighted by atomic mass is 9.91. The Morgan fingerprint density at radius 1 is 1.35 bits per heavy atom. The fourth-order valence-electron chi connectivity index (χ4n) is 3.05. The predicted octanol–water partition coefficient (Wildman–Crippen LogP) is 3.08. The minimum atomic E-state index is -0.258. The fourth-order valence-corrected chi connectivity index (χ4v) is 3.64. The van der Waals surface area contributed by atoms with Gasteiger partial charge in [-0.2, -0.15) is 5.10 Å². The molecule has 0 spiro atoms. The molecule has 1 unspecified atom stereocenters. The van der Waals surface area contributed by atoms with E-state index in [9.17, 15) is 9.18 Å². The Hall–Kier alpha value is -1.89. The van der Waals surface area contributed by atoms with Crippen molar-refractivity contribution in [3.63, 3.8) is 0 Å². The highest BCUT2D eigenvalue weighted by Gasteiger charge is 2.27. The average Bonchev–Trinajstić information content (AvgIpc) is 3.25. The summed E-state index contributed by atoms with van der Waals surface area (Å²) in [5.41, 5.74) is 0.969. The summed E-state index contributed by atoms with van der Waals surface area (Å²) in [7, 11) is 0. The van der Waals surface area contributed by atoms with Gasteiger partial charge in [0.25, 0.3) is 0 Å². The van der Waals surface area contributed by atoms with Gasteiger partial charge in [0.15, 0.2) is 5.16 Å². The molecule has 0 radical (unpaired) electrons. The molecule has 0 saturated heterocycles. The van der Waals surface area contributed by atoms with Crippen LogP contribution in [0, 0.1) is 11.7 Å². The van der Waals surface area contributed by atoms with Crippen LogP contribution in [0.3, 0.4) is 0 Å². The summed E-state index contributed by atoms with van der Waals surface area (Å²) in [4.78, 5) is 16.3. The van der Waals surface area contributed by atoms with Crippen molar-refractivity contribution in [1.29, 1.82) is 0 Å². The zero-order valence-corrected chi connectivity index (χ0v) is 13.5. The Morgan fingerprint density at radius 2 is 2.09 bits per heavy atom. The van der Waals surface area contributed by atoms with Crippen LogP contribution in [-0.4, -0.2) is 26.8 Å². The van der Waals surface area contributed by atoms with Crippen LogP contribution < -0.4 is 5.32 Å². The van der Waals surface area contributed by atoms with E-state index in [0.29, 0.717) is 11.1 Å². The first kappa shape index (κ1) is 16.0. The molecule has 2 aromatic rings. The van der Waals surface area contributed by atoms with E-state index in [1.54, 1.807) is 12.1 Å². The lowest BCUT2D eigenvalue weighted by Gasteiger charge is -2.25. The molecule has 0 aliphatic heterocycles. The van der Waals surface area contributed by atoms with Gasteiger partial charge in [0.05, 0.1) is 11.8 Å². The van der Waals surface area contributed by atoms with Crippen molar-refractivity contribution in [1.82, 2.24) is 20.5 Å². The molecule has 23 heavy (non-hydrogen) atoms. The van der Waals surface area contributed by atoms with Gasteiger partial charge in [-0.15, -0.1) is 0 Å². The number of aromatic nitrogens is 3. The molecule has 1 aliphatic rings. The number of aromatic amines is 1. The highest BCUT2D eigenvalue weighted by atomic mass is 32.2. The monoisotopic (exact) mass is 334 g/mol. The van der Waals surface area contributed by atoms with Crippen molar-refractivity contribution >= 4 is 17.7 Å². The molecule has 7 heteroatoms. The first-order valence-corrected chi connectivity index (χ1v) is 8.74. The second kappa shape index (κ2) is 7.59. The van der Waals surface area contributed by atoms with Crippen LogP contribution in [-0.2, 0) is 4.79 Å². The number of H-pyrrole nitrogens is 1. The Kier molecular flexibility index (Phi) is 5.27. The number of carbonyl (C=O) groups excluding carboxylic acids is 1. The third-order valence-electron chi connectivity index (χ3n) is 4.15. The van der Waals surface area contributed by atoms with Gasteiger partial charge in [-0.1, -0.05) is 36.7 Å². The number of hydrogen-bond acceptors (Lipinski definition) is 4. The fraction of sp³-hybridized carbons (Fsp3) is 0.438. The lowest BCUT2D eigenvalue weighted by Crippen LogP contribution is -2.34. The highest BCUT2D eigenvalue weighted by molar-refractivity contribution is 7.99. The SMILES string of the molecule is O=C(CSc1ncn[nH]1)NC(c1ccc(F)cc1)C1CCCC1. The zero-order valence-electron chi connectivity index (χ0n) is 12.7. The van der Waals surface area contributed by atoms with Gasteiger partial charge in [-0.05, 0) is 36.5 Å². The molecular weight excluding hydrogens is 315 g/mol. The van der Waals surface area contributed by atoms with Gasteiger partial charge in [-0.3, -0.25) is 9.89 Å². The standard InChI is InChI=1S/C16H19FN4OS/c17-13-7-5-12(6-8-13)15(11-3-1-2-4-11)20-14(22)9-23-16-18-10-19-21-16/h5-8,10-11,15H,1-4,9H2,(H,20,22)(H,18,19,21). The largest absolute Gasteiger partial charge is 0.348 e. The number of thioether (sulfide) groups is 1. The second-order valence-corrected chi connectivity index (χ2v) is 6.68. The van der Waals surface area contributed by atoms with Gasteiger partial charge < -0.3 is 5.32 Å². The van der Waals surface area contributed by atoms with E-state index in [0.717, 1.165) is 18.4 Å². The quantitative estimate of drug-likeness (QED) is 0.797. The molecule has 1 amide bonds. The van der Waals surface area contributed by atoms with Crippen LogP contribution in [0.5, 0.6) is 0 Å². The number of hydrogen-bond donors (Lipinski definition) is 2. The van der Waals surface area contributed by atoms with Crippen molar-refractivity contribution < 1.29 is 9.18 Å². The number of rotatable bonds is 6. The van der Waals surface area contributed by atoms with Crippen LogP contribution in [0.25, 0.3) is 0 Å². The van der Waals surface area contributed by atoms with E-state index >= 15 is 0 Å². The summed E-state index contributed by atoms with van der Waals surface area (Å²) in [6.07, 6.45) is 5.98. The van der Waals surface area contributed by atoms with Crippen molar-refractivity contribution in [2.24, 2.45) is 5.92 Å². The molecule has 0 bridgehead atoms. The van der Waals surface area contributed by atoms with Crippen LogP contribution in [0.15, 0.2) is 35.7 Å². The van der Waals surface area contributed by atoms with E-state index in [-0.39, 0.29) is 23.5 Å². The van der Waals surface area contributed by atoms with Crippen molar-refractivity contribution in [3.05, 3.63) is 42.0 Å². The molecule has 1 aromatic heterocycles. The predicted molar refractivity (Wildman–Crippen MR) is 86.3 cm³/mol. The lowest BCUT2D eigenvalue weighted by molar-refractivity contribution is -0.119. The van der Waals surface area contributed by atoms with Gasteiger partial charge in [-0.25, -0.2) is 9.37 Å². The van der Waals surface area contributed by atoms with Crippen LogP contribution in [0.1, 0.15) is 37.3 Å². The topological polar surface area (TPSA) is 70.7 Å². The normalized spacial score (nSPS) is 16.4. The van der Waals surface area contributed by atoms with Crippen molar-refractivity contribution in [2.75, 3.05) is 5.75 Å². The zero-order chi connectivity index (χ0) is 16.1. The van der Waals surface area contributed by atoms with Gasteiger partial charge in [0, 0.05) is 0 Å². The molecule has 1 heterocycles. The van der Waals surface area contributed by atoms with Crippen LogP contribution in [0.2, 0.25) is 0 Å². The molecule has 122 valence electrons. The van der Waals surface area contributed by atoms with Gasteiger partial charge >= 0.3 is 0 Å². The maximum absolute atomic E-state index is 13.2. The molecule has 3 rings (SSSR count). The van der Waals surface area contributed by atoms with Crippen molar-refractivity contribution in [3.8, 4) is 0 Å².